The standard InChI is InChI=1S/C17H16ClNO/c18-15-8-6-14(7-9-15)17(10-11-17)16(20)19-12-13-4-2-1-3-5-13/h1-9H,10-12H2,(H,19,20). The van der Waals surface area contributed by atoms with E-state index in [0.29, 0.717) is 11.6 Å². The van der Waals surface area contributed by atoms with Gasteiger partial charge in [0, 0.05) is 11.6 Å². The van der Waals surface area contributed by atoms with Gasteiger partial charge in [-0.2, -0.15) is 0 Å². The Hall–Kier alpha value is -1.80. The van der Waals surface area contributed by atoms with Crippen LogP contribution in [0, 0.1) is 0 Å². The Morgan fingerprint density at radius 1 is 1.05 bits per heavy atom. The van der Waals surface area contributed by atoms with Gasteiger partial charge in [0.2, 0.25) is 5.91 Å². The van der Waals surface area contributed by atoms with E-state index in [2.05, 4.69) is 5.32 Å². The van der Waals surface area contributed by atoms with Gasteiger partial charge in [0.05, 0.1) is 5.41 Å². The van der Waals surface area contributed by atoms with Crippen LogP contribution in [-0.4, -0.2) is 5.91 Å². The SMILES string of the molecule is O=C(NCc1ccccc1)C1(c2ccc(Cl)cc2)CC1. The Morgan fingerprint density at radius 3 is 2.30 bits per heavy atom. The maximum Gasteiger partial charge on any atom is 0.230 e. The third-order valence-corrected chi connectivity index (χ3v) is 4.13. The number of benzene rings is 2. The second-order valence-electron chi connectivity index (χ2n) is 5.26. The smallest absolute Gasteiger partial charge is 0.230 e. The minimum absolute atomic E-state index is 0.115. The molecule has 1 amide bonds. The van der Waals surface area contributed by atoms with Gasteiger partial charge in [-0.25, -0.2) is 0 Å². The number of hydrogen-bond acceptors (Lipinski definition) is 1. The first kappa shape index (κ1) is 13.2. The van der Waals surface area contributed by atoms with Crippen LogP contribution in [-0.2, 0) is 16.8 Å². The van der Waals surface area contributed by atoms with E-state index in [1.165, 1.54) is 0 Å². The maximum absolute atomic E-state index is 12.4. The van der Waals surface area contributed by atoms with Gasteiger partial charge in [-0.15, -0.1) is 0 Å². The largest absolute Gasteiger partial charge is 0.351 e. The van der Waals surface area contributed by atoms with Gasteiger partial charge in [0.1, 0.15) is 0 Å². The van der Waals surface area contributed by atoms with E-state index in [0.717, 1.165) is 24.0 Å². The van der Waals surface area contributed by atoms with E-state index >= 15 is 0 Å². The lowest BCUT2D eigenvalue weighted by Gasteiger charge is -2.16. The van der Waals surface area contributed by atoms with Crippen LogP contribution in [0.2, 0.25) is 5.02 Å². The molecule has 102 valence electrons. The zero-order chi connectivity index (χ0) is 14.0. The third-order valence-electron chi connectivity index (χ3n) is 3.88. The van der Waals surface area contributed by atoms with Gasteiger partial charge in [-0.1, -0.05) is 54.1 Å². The molecular weight excluding hydrogens is 270 g/mol. The first-order chi connectivity index (χ1) is 9.71. The number of halogens is 1. The van der Waals surface area contributed by atoms with Crippen molar-refractivity contribution in [1.29, 1.82) is 0 Å². The molecule has 1 saturated carbocycles. The Balaban J connectivity index is 1.69. The summed E-state index contributed by atoms with van der Waals surface area (Å²) in [6, 6.07) is 17.6. The molecule has 1 aliphatic rings. The molecule has 2 aromatic carbocycles. The second-order valence-corrected chi connectivity index (χ2v) is 5.69. The molecule has 2 nitrogen and oxygen atoms in total. The van der Waals surface area contributed by atoms with Crippen molar-refractivity contribution in [3.63, 3.8) is 0 Å². The molecule has 0 aromatic heterocycles. The highest BCUT2D eigenvalue weighted by molar-refractivity contribution is 6.30. The summed E-state index contributed by atoms with van der Waals surface area (Å²) in [5.74, 6) is 0.115. The van der Waals surface area contributed by atoms with Crippen LogP contribution < -0.4 is 5.32 Å². The monoisotopic (exact) mass is 285 g/mol. The highest BCUT2D eigenvalue weighted by Gasteiger charge is 2.50. The number of carbonyl (C=O) groups is 1. The zero-order valence-corrected chi connectivity index (χ0v) is 11.9. The summed E-state index contributed by atoms with van der Waals surface area (Å²) in [5.41, 5.74) is 1.85. The fourth-order valence-corrected chi connectivity index (χ4v) is 2.61. The molecule has 3 heteroatoms. The number of amides is 1. The summed E-state index contributed by atoms with van der Waals surface area (Å²) in [5, 5.41) is 3.75. The first-order valence-electron chi connectivity index (χ1n) is 6.79. The molecule has 1 fully saturated rings. The van der Waals surface area contributed by atoms with Crippen molar-refractivity contribution in [2.45, 2.75) is 24.8 Å². The van der Waals surface area contributed by atoms with Crippen LogP contribution in [0.4, 0.5) is 0 Å². The van der Waals surface area contributed by atoms with Crippen molar-refractivity contribution >= 4 is 17.5 Å². The van der Waals surface area contributed by atoms with Crippen molar-refractivity contribution in [1.82, 2.24) is 5.32 Å². The van der Waals surface area contributed by atoms with Crippen molar-refractivity contribution in [2.75, 3.05) is 0 Å². The van der Waals surface area contributed by atoms with Gasteiger partial charge >= 0.3 is 0 Å². The van der Waals surface area contributed by atoms with E-state index in [-0.39, 0.29) is 11.3 Å². The van der Waals surface area contributed by atoms with E-state index in [1.807, 2.05) is 54.6 Å². The Labute approximate surface area is 123 Å². The van der Waals surface area contributed by atoms with Crippen molar-refractivity contribution in [2.24, 2.45) is 0 Å². The molecule has 20 heavy (non-hydrogen) atoms. The van der Waals surface area contributed by atoms with Crippen LogP contribution in [0.5, 0.6) is 0 Å². The second kappa shape index (κ2) is 5.29. The van der Waals surface area contributed by atoms with Crippen LogP contribution in [0.3, 0.4) is 0 Å². The summed E-state index contributed by atoms with van der Waals surface area (Å²) in [6.07, 6.45) is 1.82. The van der Waals surface area contributed by atoms with Crippen LogP contribution in [0.1, 0.15) is 24.0 Å². The quantitative estimate of drug-likeness (QED) is 0.912. The van der Waals surface area contributed by atoms with Gasteiger partial charge in [0.15, 0.2) is 0 Å². The Bertz CT molecular complexity index is 603. The number of hydrogen-bond donors (Lipinski definition) is 1. The van der Waals surface area contributed by atoms with E-state index in [9.17, 15) is 4.79 Å². The number of nitrogens with one attached hydrogen (secondary N) is 1. The van der Waals surface area contributed by atoms with E-state index < -0.39 is 0 Å². The predicted molar refractivity (Wildman–Crippen MR) is 80.7 cm³/mol. The molecule has 0 heterocycles. The average Bonchev–Trinajstić information content (AvgIpc) is 3.28. The normalized spacial score (nSPS) is 15.7. The molecule has 0 aliphatic heterocycles. The molecule has 0 atom stereocenters. The molecule has 3 rings (SSSR count). The summed E-state index contributed by atoms with van der Waals surface area (Å²) in [4.78, 5) is 12.4. The fourth-order valence-electron chi connectivity index (χ4n) is 2.49. The lowest BCUT2D eigenvalue weighted by molar-refractivity contribution is -0.123. The third kappa shape index (κ3) is 2.56. The number of carbonyl (C=O) groups excluding carboxylic acids is 1. The minimum Gasteiger partial charge on any atom is -0.351 e. The van der Waals surface area contributed by atoms with Crippen molar-refractivity contribution < 1.29 is 4.79 Å². The van der Waals surface area contributed by atoms with Gasteiger partial charge in [0.25, 0.3) is 0 Å². The lowest BCUT2D eigenvalue weighted by Crippen LogP contribution is -2.34. The highest BCUT2D eigenvalue weighted by Crippen LogP contribution is 2.48. The molecule has 0 spiro atoms. The average molecular weight is 286 g/mol. The molecule has 1 N–H and O–H groups in total. The predicted octanol–water partition coefficient (Wildman–Crippen LogP) is 3.69. The zero-order valence-electron chi connectivity index (χ0n) is 11.1. The van der Waals surface area contributed by atoms with E-state index in [1.54, 1.807) is 0 Å². The maximum atomic E-state index is 12.4. The molecular formula is C17H16ClNO. The van der Waals surface area contributed by atoms with Gasteiger partial charge < -0.3 is 5.32 Å². The van der Waals surface area contributed by atoms with Gasteiger partial charge in [-0.3, -0.25) is 4.79 Å². The Morgan fingerprint density at radius 2 is 1.70 bits per heavy atom. The van der Waals surface area contributed by atoms with Crippen molar-refractivity contribution in [3.8, 4) is 0 Å². The molecule has 0 unspecified atom stereocenters. The molecule has 0 radical (unpaired) electrons. The molecule has 1 aliphatic carbocycles. The molecule has 0 bridgehead atoms. The highest BCUT2D eigenvalue weighted by atomic mass is 35.5. The van der Waals surface area contributed by atoms with Gasteiger partial charge in [-0.05, 0) is 36.1 Å². The summed E-state index contributed by atoms with van der Waals surface area (Å²) < 4.78 is 0. The molecule has 2 aromatic rings. The lowest BCUT2D eigenvalue weighted by atomic mass is 9.95. The summed E-state index contributed by atoms with van der Waals surface area (Å²) in [6.45, 7) is 0.578. The Kier molecular flexibility index (Phi) is 3.49. The van der Waals surface area contributed by atoms with E-state index in [4.69, 9.17) is 11.6 Å². The topological polar surface area (TPSA) is 29.1 Å². The summed E-state index contributed by atoms with van der Waals surface area (Å²) >= 11 is 5.90. The van der Waals surface area contributed by atoms with Crippen LogP contribution >= 0.6 is 11.6 Å². The fraction of sp³-hybridized carbons (Fsp3) is 0.235. The number of rotatable bonds is 4. The summed E-state index contributed by atoms with van der Waals surface area (Å²) in [7, 11) is 0. The van der Waals surface area contributed by atoms with Crippen molar-refractivity contribution in [3.05, 3.63) is 70.7 Å². The van der Waals surface area contributed by atoms with Crippen LogP contribution in [0.25, 0.3) is 0 Å². The van der Waals surface area contributed by atoms with Crippen LogP contribution in [0.15, 0.2) is 54.6 Å². The molecule has 0 saturated heterocycles. The first-order valence-corrected chi connectivity index (χ1v) is 7.17. The minimum atomic E-state index is -0.334.